The van der Waals surface area contributed by atoms with Gasteiger partial charge in [-0.3, -0.25) is 17.7 Å². The Bertz CT molecular complexity index is 993. The van der Waals surface area contributed by atoms with Crippen LogP contribution in [-0.2, 0) is 0 Å². The van der Waals surface area contributed by atoms with Crippen LogP contribution in [0, 0.1) is 17.2 Å². The predicted molar refractivity (Wildman–Crippen MR) is 105 cm³/mol. The van der Waals surface area contributed by atoms with Gasteiger partial charge in [-0.05, 0) is 46.9 Å². The molecule has 1 aliphatic carbocycles. The lowest BCUT2D eigenvalue weighted by atomic mass is 9.99. The van der Waals surface area contributed by atoms with Crippen LogP contribution in [0.1, 0.15) is 12.0 Å². The molecule has 1 aliphatic heterocycles. The van der Waals surface area contributed by atoms with Crippen molar-refractivity contribution in [2.24, 2.45) is 5.92 Å². The first-order valence-corrected chi connectivity index (χ1v) is 10.1. The van der Waals surface area contributed by atoms with E-state index in [1.807, 2.05) is 0 Å². The molecule has 2 aromatic carbocycles. The number of nitrogens with zero attached hydrogens (tertiary/aromatic N) is 3. The van der Waals surface area contributed by atoms with Crippen molar-refractivity contribution in [2.75, 3.05) is 29.3 Å². The first-order valence-electron chi connectivity index (χ1n) is 8.59. The maximum absolute atomic E-state index is 13.4. The lowest BCUT2D eigenvalue weighted by molar-refractivity contribution is 0.101. The summed E-state index contributed by atoms with van der Waals surface area (Å²) in [5.41, 5.74) is 2.77. The summed E-state index contributed by atoms with van der Waals surface area (Å²) in [5.74, 6) is -3.05. The predicted octanol–water partition coefficient (Wildman–Crippen LogP) is 4.73. The van der Waals surface area contributed by atoms with E-state index in [1.54, 1.807) is 36.4 Å². The quantitative estimate of drug-likeness (QED) is 0.763. The number of hydrogen-bond donors (Lipinski definition) is 2. The topological polar surface area (TPSA) is 80.0 Å². The molecule has 6 nitrogen and oxygen atoms in total. The summed E-state index contributed by atoms with van der Waals surface area (Å²) in [6.45, 7) is -0.130. The molecule has 0 radical (unpaired) electrons. The van der Waals surface area contributed by atoms with Gasteiger partial charge in [0.05, 0.1) is 30.1 Å². The number of fused-ring (bicyclic) bond motifs is 1. The molecular weight excluding hydrogens is 388 g/mol. The molecule has 2 aromatic rings. The molecule has 1 atom stereocenters. The fourth-order valence-electron chi connectivity index (χ4n) is 3.42. The van der Waals surface area contributed by atoms with Gasteiger partial charge in [-0.1, -0.05) is 6.07 Å². The highest BCUT2D eigenvalue weighted by molar-refractivity contribution is 8.26. The monoisotopic (exact) mass is 407 g/mol. The normalized spacial score (nSPS) is 22.4. The molecule has 2 aliphatic rings. The standard InChI is InChI=1S/C19H19F2N3O3S/c1-23-18-7-12(16-8-15(27-2)5-3-13(16)10-22)4-6-17(18)24(28(23,25)26)11-14-9-19(14,20)21/h3-8,14,25-26H,9,11H2,1-2H3. The summed E-state index contributed by atoms with van der Waals surface area (Å²) in [6, 6.07) is 12.3. The molecular formula is C19H19F2N3O3S. The van der Waals surface area contributed by atoms with Crippen molar-refractivity contribution in [1.82, 2.24) is 0 Å². The van der Waals surface area contributed by atoms with Gasteiger partial charge in [-0.15, -0.1) is 0 Å². The Morgan fingerprint density at radius 2 is 1.96 bits per heavy atom. The average molecular weight is 407 g/mol. The first kappa shape index (κ1) is 18.8. The molecule has 0 amide bonds. The van der Waals surface area contributed by atoms with Crippen LogP contribution in [0.4, 0.5) is 20.2 Å². The van der Waals surface area contributed by atoms with Gasteiger partial charge in [-0.2, -0.15) is 5.26 Å². The molecule has 0 aromatic heterocycles. The Kier molecular flexibility index (Phi) is 4.19. The number of alkyl halides is 2. The van der Waals surface area contributed by atoms with Crippen LogP contribution >= 0.6 is 11.0 Å². The third-order valence-corrected chi connectivity index (χ3v) is 7.12. The van der Waals surface area contributed by atoms with E-state index in [0.717, 1.165) is 0 Å². The zero-order chi connectivity index (χ0) is 20.3. The minimum atomic E-state index is -3.41. The minimum absolute atomic E-state index is 0.130. The van der Waals surface area contributed by atoms with E-state index in [0.29, 0.717) is 33.8 Å². The van der Waals surface area contributed by atoms with Crippen LogP contribution in [0.25, 0.3) is 11.1 Å². The van der Waals surface area contributed by atoms with E-state index in [-0.39, 0.29) is 13.0 Å². The van der Waals surface area contributed by atoms with Crippen molar-refractivity contribution < 1.29 is 22.6 Å². The second-order valence-electron chi connectivity index (χ2n) is 6.94. The zero-order valence-electron chi connectivity index (χ0n) is 15.3. The zero-order valence-corrected chi connectivity index (χ0v) is 16.1. The molecule has 1 fully saturated rings. The summed E-state index contributed by atoms with van der Waals surface area (Å²) in [6.07, 6.45) is -0.245. The third kappa shape index (κ3) is 2.85. The van der Waals surface area contributed by atoms with E-state index in [2.05, 4.69) is 6.07 Å². The Labute approximate surface area is 163 Å². The van der Waals surface area contributed by atoms with Gasteiger partial charge >= 0.3 is 0 Å². The summed E-state index contributed by atoms with van der Waals surface area (Å²) < 4.78 is 55.8. The average Bonchev–Trinajstić information content (AvgIpc) is 3.24. The van der Waals surface area contributed by atoms with Crippen LogP contribution < -0.4 is 13.3 Å². The number of rotatable bonds is 4. The van der Waals surface area contributed by atoms with Crippen molar-refractivity contribution in [1.29, 1.82) is 5.26 Å². The Morgan fingerprint density at radius 3 is 2.57 bits per heavy atom. The molecule has 2 N–H and O–H groups in total. The molecule has 9 heteroatoms. The minimum Gasteiger partial charge on any atom is -0.497 e. The van der Waals surface area contributed by atoms with Gasteiger partial charge in [0, 0.05) is 31.5 Å². The van der Waals surface area contributed by atoms with Crippen LogP contribution in [0.5, 0.6) is 5.75 Å². The van der Waals surface area contributed by atoms with Crippen molar-refractivity contribution in [3.63, 3.8) is 0 Å². The second-order valence-corrected chi connectivity index (χ2v) is 8.91. The SMILES string of the molecule is COc1ccc(C#N)c(-c2ccc3c(c2)N(C)S(O)(O)N3CC2CC2(F)F)c1. The molecule has 1 unspecified atom stereocenters. The molecule has 0 saturated heterocycles. The highest BCUT2D eigenvalue weighted by Gasteiger charge is 2.59. The van der Waals surface area contributed by atoms with Crippen LogP contribution in [0.3, 0.4) is 0 Å². The Hall–Kier alpha value is -2.54. The summed E-state index contributed by atoms with van der Waals surface area (Å²) in [5, 5.41) is 9.41. The summed E-state index contributed by atoms with van der Waals surface area (Å²) in [7, 11) is -0.370. The highest BCUT2D eigenvalue weighted by atomic mass is 32.3. The fourth-order valence-corrected chi connectivity index (χ4v) is 4.92. The highest BCUT2D eigenvalue weighted by Crippen LogP contribution is 2.63. The fraction of sp³-hybridized carbons (Fsp3) is 0.316. The molecule has 28 heavy (non-hydrogen) atoms. The van der Waals surface area contributed by atoms with E-state index in [9.17, 15) is 23.1 Å². The van der Waals surface area contributed by atoms with Gasteiger partial charge in [0.1, 0.15) is 5.75 Å². The lowest BCUT2D eigenvalue weighted by Gasteiger charge is -2.42. The second kappa shape index (κ2) is 6.24. The molecule has 0 bridgehead atoms. The first-order chi connectivity index (χ1) is 13.2. The van der Waals surface area contributed by atoms with Crippen molar-refractivity contribution in [2.45, 2.75) is 12.3 Å². The molecule has 4 rings (SSSR count). The largest absolute Gasteiger partial charge is 0.497 e. The maximum Gasteiger partial charge on any atom is 0.253 e. The number of halogens is 2. The lowest BCUT2D eigenvalue weighted by Crippen LogP contribution is -2.33. The molecule has 1 saturated carbocycles. The van der Waals surface area contributed by atoms with Crippen LogP contribution in [-0.4, -0.2) is 35.7 Å². The van der Waals surface area contributed by atoms with E-state index < -0.39 is 22.8 Å². The van der Waals surface area contributed by atoms with Gasteiger partial charge in [0.25, 0.3) is 5.92 Å². The maximum atomic E-state index is 13.4. The van der Waals surface area contributed by atoms with Gasteiger partial charge in [0.15, 0.2) is 0 Å². The summed E-state index contributed by atoms with van der Waals surface area (Å²) >= 11 is 0. The smallest absolute Gasteiger partial charge is 0.253 e. The van der Waals surface area contributed by atoms with Gasteiger partial charge in [-0.25, -0.2) is 8.78 Å². The number of hydrogen-bond acceptors (Lipinski definition) is 6. The van der Waals surface area contributed by atoms with Crippen molar-refractivity contribution in [3.05, 3.63) is 42.0 Å². The van der Waals surface area contributed by atoms with E-state index in [1.165, 1.54) is 22.8 Å². The van der Waals surface area contributed by atoms with Crippen LogP contribution in [0.2, 0.25) is 0 Å². The van der Waals surface area contributed by atoms with Crippen molar-refractivity contribution >= 4 is 22.3 Å². The molecule has 0 spiro atoms. The number of ether oxygens (including phenoxy) is 1. The van der Waals surface area contributed by atoms with E-state index in [4.69, 9.17) is 4.74 Å². The number of nitriles is 1. The number of methoxy groups -OCH3 is 1. The summed E-state index contributed by atoms with van der Waals surface area (Å²) in [4.78, 5) is 0. The van der Waals surface area contributed by atoms with Gasteiger partial charge in [0.2, 0.25) is 0 Å². The van der Waals surface area contributed by atoms with Crippen LogP contribution in [0.15, 0.2) is 36.4 Å². The van der Waals surface area contributed by atoms with Crippen molar-refractivity contribution in [3.8, 4) is 22.9 Å². The Balaban J connectivity index is 1.76. The number of benzene rings is 2. The molecule has 148 valence electrons. The van der Waals surface area contributed by atoms with Gasteiger partial charge < -0.3 is 4.74 Å². The third-order valence-electron chi connectivity index (χ3n) is 5.25. The molecule has 1 heterocycles. The Morgan fingerprint density at radius 1 is 1.25 bits per heavy atom. The number of anilines is 2. The van der Waals surface area contributed by atoms with E-state index >= 15 is 0 Å².